The molecule has 2 rings (SSSR count). The second-order valence-electron chi connectivity index (χ2n) is 6.32. The Morgan fingerprint density at radius 1 is 1.08 bits per heavy atom. The number of hydrogen-bond acceptors (Lipinski definition) is 3. The SMILES string of the molecule is CCN(c1ccc(NC(=O)CCc2ccc(OC)cc2)cc1)C(C)C. The van der Waals surface area contributed by atoms with Crippen LogP contribution in [-0.2, 0) is 11.2 Å². The zero-order chi connectivity index (χ0) is 18.2. The molecule has 0 aromatic heterocycles. The monoisotopic (exact) mass is 340 g/mol. The Hall–Kier alpha value is -2.49. The van der Waals surface area contributed by atoms with E-state index in [1.807, 2.05) is 36.4 Å². The molecular formula is C21H28N2O2. The van der Waals surface area contributed by atoms with Crippen molar-refractivity contribution in [1.82, 2.24) is 0 Å². The molecule has 0 unspecified atom stereocenters. The van der Waals surface area contributed by atoms with Gasteiger partial charge in [-0.3, -0.25) is 4.79 Å². The first kappa shape index (κ1) is 18.8. The van der Waals surface area contributed by atoms with E-state index in [1.54, 1.807) is 7.11 Å². The van der Waals surface area contributed by atoms with E-state index in [0.29, 0.717) is 18.9 Å². The van der Waals surface area contributed by atoms with Crippen LogP contribution in [0.1, 0.15) is 32.8 Å². The molecule has 134 valence electrons. The maximum absolute atomic E-state index is 12.1. The number of ether oxygens (including phenoxy) is 1. The Morgan fingerprint density at radius 3 is 2.24 bits per heavy atom. The van der Waals surface area contributed by atoms with Crippen LogP contribution in [0.5, 0.6) is 5.75 Å². The summed E-state index contributed by atoms with van der Waals surface area (Å²) in [6.45, 7) is 7.47. The molecule has 0 saturated carbocycles. The second kappa shape index (κ2) is 9.11. The summed E-state index contributed by atoms with van der Waals surface area (Å²) < 4.78 is 5.14. The molecule has 0 aliphatic carbocycles. The van der Waals surface area contributed by atoms with Crippen molar-refractivity contribution in [3.63, 3.8) is 0 Å². The molecule has 25 heavy (non-hydrogen) atoms. The van der Waals surface area contributed by atoms with Crippen molar-refractivity contribution in [3.8, 4) is 5.75 Å². The van der Waals surface area contributed by atoms with Gasteiger partial charge in [0.05, 0.1) is 7.11 Å². The molecule has 2 aromatic carbocycles. The Labute approximate surface area is 150 Å². The summed E-state index contributed by atoms with van der Waals surface area (Å²) in [5.41, 5.74) is 3.14. The Kier molecular flexibility index (Phi) is 6.87. The fraction of sp³-hybridized carbons (Fsp3) is 0.381. The van der Waals surface area contributed by atoms with Gasteiger partial charge in [0.25, 0.3) is 0 Å². The van der Waals surface area contributed by atoms with Gasteiger partial charge in [-0.1, -0.05) is 12.1 Å². The number of rotatable bonds is 8. The third kappa shape index (κ3) is 5.52. The topological polar surface area (TPSA) is 41.6 Å². The number of carbonyl (C=O) groups is 1. The van der Waals surface area contributed by atoms with Gasteiger partial charge in [0.1, 0.15) is 5.75 Å². The lowest BCUT2D eigenvalue weighted by atomic mass is 10.1. The minimum Gasteiger partial charge on any atom is -0.497 e. The van der Waals surface area contributed by atoms with Crippen LogP contribution in [-0.4, -0.2) is 25.6 Å². The average Bonchev–Trinajstić information content (AvgIpc) is 2.62. The standard InChI is InChI=1S/C21H28N2O2/c1-5-23(16(2)3)19-11-9-18(10-12-19)22-21(24)15-8-17-6-13-20(25-4)14-7-17/h6-7,9-14,16H,5,8,15H2,1-4H3,(H,22,24). The second-order valence-corrected chi connectivity index (χ2v) is 6.32. The fourth-order valence-corrected chi connectivity index (χ4v) is 2.86. The molecule has 0 aliphatic rings. The van der Waals surface area contributed by atoms with Crippen molar-refractivity contribution in [1.29, 1.82) is 0 Å². The maximum Gasteiger partial charge on any atom is 0.224 e. The highest BCUT2D eigenvalue weighted by Gasteiger charge is 2.09. The Bertz CT molecular complexity index is 663. The highest BCUT2D eigenvalue weighted by atomic mass is 16.5. The number of nitrogens with one attached hydrogen (secondary N) is 1. The van der Waals surface area contributed by atoms with Crippen LogP contribution in [0.4, 0.5) is 11.4 Å². The van der Waals surface area contributed by atoms with Crippen LogP contribution in [0.2, 0.25) is 0 Å². The van der Waals surface area contributed by atoms with Gasteiger partial charge >= 0.3 is 0 Å². The van der Waals surface area contributed by atoms with Crippen LogP contribution < -0.4 is 15.0 Å². The van der Waals surface area contributed by atoms with Gasteiger partial charge in [0, 0.05) is 30.4 Å². The highest BCUT2D eigenvalue weighted by molar-refractivity contribution is 5.91. The predicted octanol–water partition coefficient (Wildman–Crippen LogP) is 4.50. The smallest absolute Gasteiger partial charge is 0.224 e. The third-order valence-corrected chi connectivity index (χ3v) is 4.25. The zero-order valence-corrected chi connectivity index (χ0v) is 15.6. The van der Waals surface area contributed by atoms with E-state index in [0.717, 1.165) is 23.5 Å². The lowest BCUT2D eigenvalue weighted by Crippen LogP contribution is -2.30. The first-order valence-corrected chi connectivity index (χ1v) is 8.83. The summed E-state index contributed by atoms with van der Waals surface area (Å²) >= 11 is 0. The van der Waals surface area contributed by atoms with Crippen LogP contribution in [0.3, 0.4) is 0 Å². The summed E-state index contributed by atoms with van der Waals surface area (Å²) in [5.74, 6) is 0.857. The summed E-state index contributed by atoms with van der Waals surface area (Å²) in [5, 5.41) is 2.97. The number of aryl methyl sites for hydroxylation is 1. The van der Waals surface area contributed by atoms with Gasteiger partial charge in [-0.2, -0.15) is 0 Å². The van der Waals surface area contributed by atoms with Crippen LogP contribution in [0.15, 0.2) is 48.5 Å². The number of carbonyl (C=O) groups excluding carboxylic acids is 1. The minimum atomic E-state index is 0.0276. The van der Waals surface area contributed by atoms with Crippen molar-refractivity contribution in [2.45, 2.75) is 39.7 Å². The largest absolute Gasteiger partial charge is 0.497 e. The number of amides is 1. The molecule has 0 bridgehead atoms. The number of benzene rings is 2. The fourth-order valence-electron chi connectivity index (χ4n) is 2.86. The summed E-state index contributed by atoms with van der Waals surface area (Å²) in [6.07, 6.45) is 1.17. The number of nitrogens with zero attached hydrogens (tertiary/aromatic N) is 1. The van der Waals surface area contributed by atoms with Gasteiger partial charge < -0.3 is 15.0 Å². The molecule has 0 spiro atoms. The molecule has 0 radical (unpaired) electrons. The first-order chi connectivity index (χ1) is 12.0. The van der Waals surface area contributed by atoms with Crippen LogP contribution in [0, 0.1) is 0 Å². The van der Waals surface area contributed by atoms with E-state index in [9.17, 15) is 4.79 Å². The molecule has 0 aliphatic heterocycles. The van der Waals surface area contributed by atoms with Crippen molar-refractivity contribution < 1.29 is 9.53 Å². The van der Waals surface area contributed by atoms with E-state index in [1.165, 1.54) is 5.69 Å². The van der Waals surface area contributed by atoms with Crippen LogP contribution in [0.25, 0.3) is 0 Å². The molecule has 1 amide bonds. The third-order valence-electron chi connectivity index (χ3n) is 4.25. The summed E-state index contributed by atoms with van der Waals surface area (Å²) in [4.78, 5) is 14.5. The number of methoxy groups -OCH3 is 1. The lowest BCUT2D eigenvalue weighted by molar-refractivity contribution is -0.116. The molecular weight excluding hydrogens is 312 g/mol. The average molecular weight is 340 g/mol. The van der Waals surface area contributed by atoms with Gasteiger partial charge in [-0.05, 0) is 69.2 Å². The van der Waals surface area contributed by atoms with Crippen LogP contribution >= 0.6 is 0 Å². The number of anilines is 2. The lowest BCUT2D eigenvalue weighted by Gasteiger charge is -2.27. The molecule has 2 aromatic rings. The highest BCUT2D eigenvalue weighted by Crippen LogP contribution is 2.20. The molecule has 4 nitrogen and oxygen atoms in total. The van der Waals surface area contributed by atoms with Crippen molar-refractivity contribution in [3.05, 3.63) is 54.1 Å². The summed E-state index contributed by atoms with van der Waals surface area (Å²) in [6, 6.07) is 16.3. The Balaban J connectivity index is 1.87. The normalized spacial score (nSPS) is 10.6. The van der Waals surface area contributed by atoms with E-state index in [4.69, 9.17) is 4.74 Å². The van der Waals surface area contributed by atoms with Crippen molar-refractivity contribution in [2.24, 2.45) is 0 Å². The molecule has 1 N–H and O–H groups in total. The van der Waals surface area contributed by atoms with E-state index in [-0.39, 0.29) is 5.91 Å². The van der Waals surface area contributed by atoms with Crippen molar-refractivity contribution >= 4 is 17.3 Å². The van der Waals surface area contributed by atoms with Gasteiger partial charge in [0.2, 0.25) is 5.91 Å². The van der Waals surface area contributed by atoms with E-state index < -0.39 is 0 Å². The molecule has 4 heteroatoms. The maximum atomic E-state index is 12.1. The molecule has 0 saturated heterocycles. The Morgan fingerprint density at radius 2 is 1.72 bits per heavy atom. The first-order valence-electron chi connectivity index (χ1n) is 8.83. The van der Waals surface area contributed by atoms with E-state index in [2.05, 4.69) is 43.1 Å². The zero-order valence-electron chi connectivity index (χ0n) is 15.6. The molecule has 0 heterocycles. The van der Waals surface area contributed by atoms with Gasteiger partial charge in [-0.15, -0.1) is 0 Å². The van der Waals surface area contributed by atoms with E-state index >= 15 is 0 Å². The quantitative estimate of drug-likeness (QED) is 0.769. The minimum absolute atomic E-state index is 0.0276. The predicted molar refractivity (Wildman–Crippen MR) is 105 cm³/mol. The molecule has 0 fully saturated rings. The number of hydrogen-bond donors (Lipinski definition) is 1. The van der Waals surface area contributed by atoms with Crippen molar-refractivity contribution in [2.75, 3.05) is 23.9 Å². The molecule has 0 atom stereocenters. The van der Waals surface area contributed by atoms with Gasteiger partial charge in [0.15, 0.2) is 0 Å². The summed E-state index contributed by atoms with van der Waals surface area (Å²) in [7, 11) is 1.65. The van der Waals surface area contributed by atoms with Gasteiger partial charge in [-0.25, -0.2) is 0 Å².